The lowest BCUT2D eigenvalue weighted by Gasteiger charge is -2.34. The normalized spacial score (nSPS) is 16.9. The van der Waals surface area contributed by atoms with E-state index in [1.165, 1.54) is 13.0 Å². The van der Waals surface area contributed by atoms with Crippen LogP contribution in [0.25, 0.3) is 0 Å². The average molecular weight is 498 g/mol. The molecule has 2 amide bonds. The first-order chi connectivity index (χ1) is 15.7. The highest BCUT2D eigenvalue weighted by atomic mass is 35.5. The van der Waals surface area contributed by atoms with Crippen molar-refractivity contribution in [2.75, 3.05) is 26.2 Å². The summed E-state index contributed by atoms with van der Waals surface area (Å²) in [4.78, 5) is 24.2. The molecule has 2 N–H and O–H groups in total. The Kier molecular flexibility index (Phi) is 8.41. The van der Waals surface area contributed by atoms with E-state index in [1.807, 2.05) is 12.1 Å². The van der Waals surface area contributed by atoms with Crippen LogP contribution in [-0.4, -0.2) is 57.0 Å². The number of halogens is 2. The SMILES string of the molecule is Cc1cc(F)ccc1S(=O)(=O)N1CCCO[C@@H]1CNC(=O)C(=O)NCCc1ccc(Cl)cc1. The Morgan fingerprint density at radius 3 is 2.55 bits per heavy atom. The number of carbonyl (C=O) groups is 2. The van der Waals surface area contributed by atoms with Gasteiger partial charge in [0.05, 0.1) is 18.0 Å². The van der Waals surface area contributed by atoms with Gasteiger partial charge in [-0.1, -0.05) is 23.7 Å². The van der Waals surface area contributed by atoms with E-state index in [-0.39, 0.29) is 30.1 Å². The number of hydrogen-bond acceptors (Lipinski definition) is 5. The topological polar surface area (TPSA) is 105 Å². The minimum atomic E-state index is -3.99. The zero-order valence-corrected chi connectivity index (χ0v) is 19.6. The summed E-state index contributed by atoms with van der Waals surface area (Å²) in [7, 11) is -3.99. The molecule has 1 saturated heterocycles. The Hall–Kier alpha value is -2.53. The Balaban J connectivity index is 1.56. The van der Waals surface area contributed by atoms with Gasteiger partial charge < -0.3 is 15.4 Å². The van der Waals surface area contributed by atoms with Crippen molar-refractivity contribution >= 4 is 33.4 Å². The molecule has 1 fully saturated rings. The summed E-state index contributed by atoms with van der Waals surface area (Å²) >= 11 is 5.83. The minimum absolute atomic E-state index is 0.0364. The smallest absolute Gasteiger partial charge is 0.309 e. The average Bonchev–Trinajstić information content (AvgIpc) is 2.78. The van der Waals surface area contributed by atoms with Crippen molar-refractivity contribution in [2.24, 2.45) is 0 Å². The highest BCUT2D eigenvalue weighted by Crippen LogP contribution is 2.25. The molecular weight excluding hydrogens is 473 g/mol. The molecule has 11 heteroatoms. The third-order valence-corrected chi connectivity index (χ3v) is 7.43. The van der Waals surface area contributed by atoms with Gasteiger partial charge in [-0.2, -0.15) is 4.31 Å². The molecule has 0 radical (unpaired) electrons. The van der Waals surface area contributed by atoms with E-state index in [0.29, 0.717) is 24.5 Å². The number of amides is 2. The van der Waals surface area contributed by atoms with Gasteiger partial charge in [0.2, 0.25) is 10.0 Å². The molecule has 0 saturated carbocycles. The lowest BCUT2D eigenvalue weighted by atomic mass is 10.1. The molecule has 3 rings (SSSR count). The lowest BCUT2D eigenvalue weighted by molar-refractivity contribution is -0.140. The predicted molar refractivity (Wildman–Crippen MR) is 121 cm³/mol. The second-order valence-corrected chi connectivity index (χ2v) is 9.84. The first kappa shape index (κ1) is 25.1. The highest BCUT2D eigenvalue weighted by molar-refractivity contribution is 7.89. The van der Waals surface area contributed by atoms with Crippen LogP contribution in [-0.2, 0) is 30.8 Å². The Morgan fingerprint density at radius 2 is 1.85 bits per heavy atom. The van der Waals surface area contributed by atoms with E-state index in [2.05, 4.69) is 10.6 Å². The summed E-state index contributed by atoms with van der Waals surface area (Å²) in [6.07, 6.45) is -0.000837. The standard InChI is InChI=1S/C22H25ClFN3O5S/c1-15-13-18(24)7-8-19(15)33(30,31)27-11-2-12-32-20(27)14-26-22(29)21(28)25-10-9-16-3-5-17(23)6-4-16/h3-8,13,20H,2,9-12,14H2,1H3,(H,25,28)(H,26,29)/t20-/m1/s1. The monoisotopic (exact) mass is 497 g/mol. The largest absolute Gasteiger partial charge is 0.360 e. The molecule has 1 heterocycles. The van der Waals surface area contributed by atoms with Gasteiger partial charge in [0.1, 0.15) is 12.0 Å². The van der Waals surface area contributed by atoms with E-state index in [0.717, 1.165) is 22.0 Å². The number of rotatable bonds is 7. The first-order valence-corrected chi connectivity index (χ1v) is 12.2. The van der Waals surface area contributed by atoms with Crippen molar-refractivity contribution in [1.82, 2.24) is 14.9 Å². The maximum Gasteiger partial charge on any atom is 0.309 e. The number of aryl methyl sites for hydroxylation is 1. The van der Waals surface area contributed by atoms with Crippen LogP contribution in [0.3, 0.4) is 0 Å². The van der Waals surface area contributed by atoms with Gasteiger partial charge in [-0.3, -0.25) is 9.59 Å². The van der Waals surface area contributed by atoms with Crippen LogP contribution in [0.15, 0.2) is 47.4 Å². The molecule has 2 aromatic rings. The maximum atomic E-state index is 13.4. The van der Waals surface area contributed by atoms with Crippen LogP contribution in [0.2, 0.25) is 5.02 Å². The highest BCUT2D eigenvalue weighted by Gasteiger charge is 2.35. The van der Waals surface area contributed by atoms with Gasteiger partial charge in [0.25, 0.3) is 0 Å². The van der Waals surface area contributed by atoms with Gasteiger partial charge in [-0.15, -0.1) is 0 Å². The summed E-state index contributed by atoms with van der Waals surface area (Å²) in [5.41, 5.74) is 1.22. The maximum absolute atomic E-state index is 13.4. The molecule has 33 heavy (non-hydrogen) atoms. The van der Waals surface area contributed by atoms with Crippen LogP contribution in [0, 0.1) is 12.7 Å². The molecule has 0 bridgehead atoms. The fourth-order valence-electron chi connectivity index (χ4n) is 3.44. The number of nitrogens with one attached hydrogen (secondary N) is 2. The molecule has 0 unspecified atom stereocenters. The van der Waals surface area contributed by atoms with Gasteiger partial charge in [-0.25, -0.2) is 12.8 Å². The lowest BCUT2D eigenvalue weighted by Crippen LogP contribution is -2.53. The van der Waals surface area contributed by atoms with E-state index in [1.54, 1.807) is 12.1 Å². The minimum Gasteiger partial charge on any atom is -0.360 e. The van der Waals surface area contributed by atoms with Crippen molar-refractivity contribution in [1.29, 1.82) is 0 Å². The third-order valence-electron chi connectivity index (χ3n) is 5.13. The number of benzene rings is 2. The zero-order valence-electron chi connectivity index (χ0n) is 18.0. The second kappa shape index (κ2) is 11.1. The van der Waals surface area contributed by atoms with Crippen LogP contribution >= 0.6 is 11.6 Å². The van der Waals surface area contributed by atoms with Gasteiger partial charge in [-0.05, 0) is 61.2 Å². The molecule has 178 valence electrons. The summed E-state index contributed by atoms with van der Waals surface area (Å²) in [5.74, 6) is -2.26. The van der Waals surface area contributed by atoms with Crippen molar-refractivity contribution in [3.8, 4) is 0 Å². The molecule has 0 spiro atoms. The molecule has 1 aliphatic heterocycles. The van der Waals surface area contributed by atoms with Crippen molar-refractivity contribution < 1.29 is 27.1 Å². The predicted octanol–water partition coefficient (Wildman–Crippen LogP) is 2.00. The quantitative estimate of drug-likeness (QED) is 0.569. The fraction of sp³-hybridized carbons (Fsp3) is 0.364. The summed E-state index contributed by atoms with van der Waals surface area (Å²) in [6.45, 7) is 2.03. The van der Waals surface area contributed by atoms with Crippen LogP contribution in [0.4, 0.5) is 4.39 Å². The molecule has 0 aliphatic carbocycles. The van der Waals surface area contributed by atoms with E-state index >= 15 is 0 Å². The number of hydrogen-bond donors (Lipinski definition) is 2. The Bertz CT molecular complexity index is 1110. The molecule has 1 aliphatic rings. The summed E-state index contributed by atoms with van der Waals surface area (Å²) in [6, 6.07) is 10.6. The van der Waals surface area contributed by atoms with Crippen LogP contribution in [0.1, 0.15) is 17.5 Å². The molecule has 1 atom stereocenters. The molecular formula is C22H25ClFN3O5S. The van der Waals surface area contributed by atoms with Gasteiger partial charge in [0.15, 0.2) is 0 Å². The number of carbonyl (C=O) groups excluding carboxylic acids is 2. The van der Waals surface area contributed by atoms with Gasteiger partial charge >= 0.3 is 11.8 Å². The number of ether oxygens (including phenoxy) is 1. The first-order valence-electron chi connectivity index (χ1n) is 10.4. The van der Waals surface area contributed by atoms with Gasteiger partial charge in [0, 0.05) is 18.1 Å². The second-order valence-electron chi connectivity index (χ2n) is 7.55. The van der Waals surface area contributed by atoms with Crippen molar-refractivity contribution in [3.63, 3.8) is 0 Å². The third kappa shape index (κ3) is 6.50. The molecule has 8 nitrogen and oxygen atoms in total. The van der Waals surface area contributed by atoms with Crippen LogP contribution < -0.4 is 10.6 Å². The summed E-state index contributed by atoms with van der Waals surface area (Å²) in [5, 5.41) is 5.56. The number of nitrogens with zero attached hydrogens (tertiary/aromatic N) is 1. The van der Waals surface area contributed by atoms with E-state index in [9.17, 15) is 22.4 Å². The van der Waals surface area contributed by atoms with Crippen molar-refractivity contribution in [2.45, 2.75) is 30.9 Å². The fourth-order valence-corrected chi connectivity index (χ4v) is 5.34. The molecule has 2 aromatic carbocycles. The number of sulfonamides is 1. The van der Waals surface area contributed by atoms with Crippen LogP contribution in [0.5, 0.6) is 0 Å². The van der Waals surface area contributed by atoms with Crippen molar-refractivity contribution in [3.05, 3.63) is 64.4 Å². The Labute approximate surface area is 197 Å². The van der Waals surface area contributed by atoms with E-state index < -0.39 is 33.9 Å². The van der Waals surface area contributed by atoms with E-state index in [4.69, 9.17) is 16.3 Å². The molecule has 0 aromatic heterocycles. The summed E-state index contributed by atoms with van der Waals surface area (Å²) < 4.78 is 46.4. The zero-order chi connectivity index (χ0) is 24.0. The Morgan fingerprint density at radius 1 is 1.15 bits per heavy atom.